The summed E-state index contributed by atoms with van der Waals surface area (Å²) in [4.78, 5) is 13.3. The van der Waals surface area contributed by atoms with Crippen molar-refractivity contribution in [2.45, 2.75) is 68.0 Å². The monoisotopic (exact) mass is 567 g/mol. The average molecular weight is 568 g/mol. The molecule has 6 rings (SSSR count). The van der Waals surface area contributed by atoms with Crippen LogP contribution >= 0.6 is 0 Å². The van der Waals surface area contributed by atoms with Gasteiger partial charge in [0.1, 0.15) is 11.6 Å². The maximum Gasteiger partial charge on any atom is 0.256 e. The molecule has 2 aliphatic carbocycles. The van der Waals surface area contributed by atoms with Crippen LogP contribution in [0.5, 0.6) is 0 Å². The molecule has 3 aliphatic rings. The standard InChI is InChI=1S/C27H30FN7O4S/c28-27(10-12-39-17-27)9-7-18-14-30-25(13-23(18)32-20-1-3-21(36)4-2-20)33-24-8-11-29-26(34-24)19-15-31-35(16-19)40(37,38)22-5-6-22/h8,11,13-16,20-22,36H,1-6,10,12,17H2,(H2,29,30,32,33,34). The number of hydrogen-bond donors (Lipinski definition) is 3. The Kier molecular flexibility index (Phi) is 7.16. The molecule has 0 aromatic carbocycles. The van der Waals surface area contributed by atoms with E-state index in [1.807, 2.05) is 0 Å². The van der Waals surface area contributed by atoms with Gasteiger partial charge in [0.15, 0.2) is 11.5 Å². The molecule has 4 heterocycles. The Bertz CT molecular complexity index is 1550. The van der Waals surface area contributed by atoms with Gasteiger partial charge in [0.25, 0.3) is 10.0 Å². The predicted octanol–water partition coefficient (Wildman–Crippen LogP) is 3.01. The summed E-state index contributed by atoms with van der Waals surface area (Å²) in [6.07, 6.45) is 10.3. The fourth-order valence-electron chi connectivity index (χ4n) is 4.78. The fourth-order valence-corrected chi connectivity index (χ4v) is 6.25. The molecule has 3 N–H and O–H groups in total. The molecule has 3 aromatic heterocycles. The highest BCUT2D eigenvalue weighted by molar-refractivity contribution is 7.90. The van der Waals surface area contributed by atoms with E-state index >= 15 is 0 Å². The summed E-state index contributed by atoms with van der Waals surface area (Å²) in [5, 5.41) is 20.2. The van der Waals surface area contributed by atoms with Gasteiger partial charge in [-0.3, -0.25) is 0 Å². The summed E-state index contributed by atoms with van der Waals surface area (Å²) in [6.45, 7) is 0.303. The van der Waals surface area contributed by atoms with E-state index in [1.165, 1.54) is 12.4 Å². The van der Waals surface area contributed by atoms with Crippen molar-refractivity contribution in [1.29, 1.82) is 0 Å². The van der Waals surface area contributed by atoms with Crippen LogP contribution in [0.2, 0.25) is 0 Å². The summed E-state index contributed by atoms with van der Waals surface area (Å²) >= 11 is 0. The first-order chi connectivity index (χ1) is 19.3. The molecule has 1 saturated heterocycles. The van der Waals surface area contributed by atoms with Crippen LogP contribution in [0.15, 0.2) is 36.9 Å². The third kappa shape index (κ3) is 5.94. The van der Waals surface area contributed by atoms with Gasteiger partial charge in [-0.1, -0.05) is 11.8 Å². The average Bonchev–Trinajstić information content (AvgIpc) is 3.53. The summed E-state index contributed by atoms with van der Waals surface area (Å²) in [5.74, 6) is 6.93. The quantitative estimate of drug-likeness (QED) is 0.365. The molecule has 1 unspecified atom stereocenters. The molecule has 3 fully saturated rings. The van der Waals surface area contributed by atoms with Gasteiger partial charge >= 0.3 is 0 Å². The Morgan fingerprint density at radius 3 is 2.70 bits per heavy atom. The topological polar surface area (TPSA) is 144 Å². The number of anilines is 3. The van der Waals surface area contributed by atoms with Crippen molar-refractivity contribution in [2.75, 3.05) is 23.8 Å². The first-order valence-electron chi connectivity index (χ1n) is 13.4. The van der Waals surface area contributed by atoms with Crippen molar-refractivity contribution in [3.05, 3.63) is 42.5 Å². The van der Waals surface area contributed by atoms with Crippen LogP contribution in [0.4, 0.5) is 21.7 Å². The summed E-state index contributed by atoms with van der Waals surface area (Å²) in [6, 6.07) is 3.61. The Hall–Kier alpha value is -3.60. The number of ether oxygens (including phenoxy) is 1. The second kappa shape index (κ2) is 10.8. The number of alkyl halides is 1. The number of rotatable bonds is 7. The zero-order valence-electron chi connectivity index (χ0n) is 21.8. The third-order valence-corrected chi connectivity index (χ3v) is 9.33. The normalized spacial score (nSPS) is 24.8. The number of aromatic nitrogens is 5. The highest BCUT2D eigenvalue weighted by atomic mass is 32.2. The molecule has 210 valence electrons. The van der Waals surface area contributed by atoms with E-state index in [2.05, 4.69) is 42.5 Å². The van der Waals surface area contributed by atoms with E-state index in [0.29, 0.717) is 66.6 Å². The molecule has 11 nitrogen and oxygen atoms in total. The highest BCUT2D eigenvalue weighted by Crippen LogP contribution is 2.31. The number of nitrogens with zero attached hydrogens (tertiary/aromatic N) is 5. The van der Waals surface area contributed by atoms with Crippen LogP contribution < -0.4 is 10.6 Å². The SMILES string of the molecule is O=S(=O)(C1CC1)n1cc(-c2nccc(Nc3cc(NC4CCC(O)CC4)c(C#CC4(F)CCOC4)cn3)n2)cn1. The zero-order chi connectivity index (χ0) is 27.7. The lowest BCUT2D eigenvalue weighted by molar-refractivity contribution is 0.126. The molecule has 13 heteroatoms. The van der Waals surface area contributed by atoms with Gasteiger partial charge in [-0.2, -0.15) is 9.19 Å². The molecular formula is C27H30FN7O4S. The molecule has 3 aromatic rings. The smallest absolute Gasteiger partial charge is 0.256 e. The van der Waals surface area contributed by atoms with Crippen molar-refractivity contribution in [2.24, 2.45) is 0 Å². The zero-order valence-corrected chi connectivity index (χ0v) is 22.6. The van der Waals surface area contributed by atoms with Gasteiger partial charge in [0.2, 0.25) is 0 Å². The lowest BCUT2D eigenvalue weighted by Gasteiger charge is -2.27. The second-order valence-corrected chi connectivity index (χ2v) is 12.6. The number of halogens is 1. The van der Waals surface area contributed by atoms with Crippen LogP contribution in [0, 0.1) is 11.8 Å². The second-order valence-electron chi connectivity index (χ2n) is 10.5. The van der Waals surface area contributed by atoms with Crippen LogP contribution in [0.25, 0.3) is 11.4 Å². The van der Waals surface area contributed by atoms with Crippen LogP contribution in [-0.2, 0) is 14.8 Å². The van der Waals surface area contributed by atoms with Gasteiger partial charge < -0.3 is 20.5 Å². The third-order valence-electron chi connectivity index (χ3n) is 7.29. The van der Waals surface area contributed by atoms with Crippen LogP contribution in [-0.4, -0.2) is 73.9 Å². The summed E-state index contributed by atoms with van der Waals surface area (Å²) < 4.78 is 46.0. The molecule has 1 atom stereocenters. The minimum Gasteiger partial charge on any atom is -0.393 e. The van der Waals surface area contributed by atoms with Crippen molar-refractivity contribution in [3.63, 3.8) is 0 Å². The van der Waals surface area contributed by atoms with Gasteiger partial charge in [-0.05, 0) is 44.6 Å². The van der Waals surface area contributed by atoms with Gasteiger partial charge in [-0.25, -0.2) is 27.8 Å². The molecule has 0 spiro atoms. The maximum absolute atomic E-state index is 14.9. The number of aliphatic hydroxyl groups is 1. The van der Waals surface area contributed by atoms with Gasteiger partial charge in [0.05, 0.1) is 53.8 Å². The Labute approximate surface area is 231 Å². The van der Waals surface area contributed by atoms with E-state index in [0.717, 1.165) is 16.9 Å². The fraction of sp³-hybridized carbons (Fsp3) is 0.481. The first kappa shape index (κ1) is 26.6. The summed E-state index contributed by atoms with van der Waals surface area (Å²) in [5.41, 5.74) is 0.0686. The molecule has 2 saturated carbocycles. The van der Waals surface area contributed by atoms with Crippen molar-refractivity contribution in [3.8, 4) is 23.2 Å². The predicted molar refractivity (Wildman–Crippen MR) is 146 cm³/mol. The van der Waals surface area contributed by atoms with Crippen molar-refractivity contribution < 1.29 is 22.7 Å². The largest absolute Gasteiger partial charge is 0.393 e. The van der Waals surface area contributed by atoms with Crippen molar-refractivity contribution >= 4 is 27.3 Å². The van der Waals surface area contributed by atoms with Crippen molar-refractivity contribution in [1.82, 2.24) is 24.1 Å². The van der Waals surface area contributed by atoms with E-state index < -0.39 is 15.7 Å². The molecule has 0 radical (unpaired) electrons. The number of nitrogens with one attached hydrogen (secondary N) is 2. The maximum atomic E-state index is 14.9. The number of aliphatic hydroxyl groups excluding tert-OH is 1. The Morgan fingerprint density at radius 2 is 1.95 bits per heavy atom. The van der Waals surface area contributed by atoms with Gasteiger partial charge in [-0.15, -0.1) is 0 Å². The minimum atomic E-state index is -3.49. The van der Waals surface area contributed by atoms with E-state index in [4.69, 9.17) is 4.74 Å². The lowest BCUT2D eigenvalue weighted by atomic mass is 9.93. The molecular weight excluding hydrogens is 537 g/mol. The van der Waals surface area contributed by atoms with Crippen LogP contribution in [0.1, 0.15) is 50.5 Å². The molecule has 1 aliphatic heterocycles. The van der Waals surface area contributed by atoms with Gasteiger partial charge in [0, 0.05) is 30.9 Å². The number of hydrogen-bond acceptors (Lipinski definition) is 10. The first-order valence-corrected chi connectivity index (χ1v) is 14.9. The number of pyridine rings is 1. The molecule has 0 amide bonds. The molecule has 0 bridgehead atoms. The van der Waals surface area contributed by atoms with E-state index in [1.54, 1.807) is 24.5 Å². The minimum absolute atomic E-state index is 0.0438. The van der Waals surface area contributed by atoms with E-state index in [-0.39, 0.29) is 30.4 Å². The van der Waals surface area contributed by atoms with Crippen LogP contribution in [0.3, 0.4) is 0 Å². The Morgan fingerprint density at radius 1 is 1.12 bits per heavy atom. The summed E-state index contributed by atoms with van der Waals surface area (Å²) in [7, 11) is -3.49. The Balaban J connectivity index is 1.24. The molecule has 40 heavy (non-hydrogen) atoms. The highest BCUT2D eigenvalue weighted by Gasteiger charge is 2.38. The van der Waals surface area contributed by atoms with E-state index in [9.17, 15) is 17.9 Å². The lowest BCUT2D eigenvalue weighted by Crippen LogP contribution is -2.28.